The van der Waals surface area contributed by atoms with Crippen molar-refractivity contribution in [1.82, 2.24) is 28.5 Å². The van der Waals surface area contributed by atoms with Crippen molar-refractivity contribution < 1.29 is 17.6 Å². The summed E-state index contributed by atoms with van der Waals surface area (Å²) in [5.74, 6) is -0.564. The van der Waals surface area contributed by atoms with E-state index in [1.165, 1.54) is 33.6 Å². The fourth-order valence-electron chi connectivity index (χ4n) is 3.58. The molecule has 164 valence electrons. The van der Waals surface area contributed by atoms with Gasteiger partial charge in [0.15, 0.2) is 5.03 Å². The summed E-state index contributed by atoms with van der Waals surface area (Å²) in [5, 5.41) is 4.38. The Bertz CT molecular complexity index is 1200. The molecule has 1 saturated heterocycles. The molecule has 1 aromatic carbocycles. The Balaban J connectivity index is 1.50. The van der Waals surface area contributed by atoms with Gasteiger partial charge in [0.1, 0.15) is 11.5 Å². The number of carbonyl (C=O) groups excluding carboxylic acids is 1. The normalized spacial score (nSPS) is 15.8. The second kappa shape index (κ2) is 8.23. The SMILES string of the molecule is Cn1cnc(S(=O)(=O)N2CCCN(C(=O)c3cc(-c4ccc(F)cc4)nn3C)CC2)c1. The molecule has 1 aliphatic heterocycles. The van der Waals surface area contributed by atoms with E-state index in [9.17, 15) is 17.6 Å². The molecule has 0 atom stereocenters. The highest BCUT2D eigenvalue weighted by Gasteiger charge is 2.30. The average Bonchev–Trinajstić information content (AvgIpc) is 3.25. The van der Waals surface area contributed by atoms with Crippen molar-refractivity contribution in [1.29, 1.82) is 0 Å². The molecule has 4 rings (SSSR count). The van der Waals surface area contributed by atoms with Crippen LogP contribution in [-0.4, -0.2) is 69.0 Å². The lowest BCUT2D eigenvalue weighted by Crippen LogP contribution is -2.38. The van der Waals surface area contributed by atoms with Crippen LogP contribution in [0.1, 0.15) is 16.9 Å². The maximum Gasteiger partial charge on any atom is 0.272 e. The van der Waals surface area contributed by atoms with E-state index in [1.54, 1.807) is 41.8 Å². The van der Waals surface area contributed by atoms with Gasteiger partial charge in [0.05, 0.1) is 12.0 Å². The van der Waals surface area contributed by atoms with E-state index >= 15 is 0 Å². The molecule has 1 fully saturated rings. The van der Waals surface area contributed by atoms with Crippen LogP contribution in [0.25, 0.3) is 11.3 Å². The first-order valence-electron chi connectivity index (χ1n) is 9.83. The third-order valence-electron chi connectivity index (χ3n) is 5.27. The lowest BCUT2D eigenvalue weighted by Gasteiger charge is -2.21. The Morgan fingerprint density at radius 2 is 1.81 bits per heavy atom. The van der Waals surface area contributed by atoms with Crippen molar-refractivity contribution in [3.8, 4) is 11.3 Å². The van der Waals surface area contributed by atoms with Gasteiger partial charge in [0, 0.05) is 52.0 Å². The fraction of sp³-hybridized carbons (Fsp3) is 0.350. The van der Waals surface area contributed by atoms with Crippen molar-refractivity contribution >= 4 is 15.9 Å². The zero-order valence-corrected chi connectivity index (χ0v) is 18.1. The van der Waals surface area contributed by atoms with Gasteiger partial charge < -0.3 is 9.47 Å². The van der Waals surface area contributed by atoms with Crippen LogP contribution in [0.5, 0.6) is 0 Å². The van der Waals surface area contributed by atoms with Gasteiger partial charge in [-0.15, -0.1) is 0 Å². The summed E-state index contributed by atoms with van der Waals surface area (Å²) in [6, 6.07) is 7.58. The second-order valence-corrected chi connectivity index (χ2v) is 9.36. The molecule has 0 aliphatic carbocycles. The van der Waals surface area contributed by atoms with Crippen LogP contribution in [0.3, 0.4) is 0 Å². The summed E-state index contributed by atoms with van der Waals surface area (Å²) in [5.41, 5.74) is 1.67. The Labute approximate surface area is 179 Å². The summed E-state index contributed by atoms with van der Waals surface area (Å²) < 4.78 is 43.3. The monoisotopic (exact) mass is 446 g/mol. The summed E-state index contributed by atoms with van der Waals surface area (Å²) in [7, 11) is -0.319. The van der Waals surface area contributed by atoms with E-state index < -0.39 is 10.0 Å². The van der Waals surface area contributed by atoms with E-state index in [4.69, 9.17) is 0 Å². The van der Waals surface area contributed by atoms with Gasteiger partial charge in [-0.2, -0.15) is 9.40 Å². The molecule has 1 amide bonds. The van der Waals surface area contributed by atoms with Crippen LogP contribution in [0.2, 0.25) is 0 Å². The number of amides is 1. The number of hydrogen-bond donors (Lipinski definition) is 0. The number of benzene rings is 1. The highest BCUT2D eigenvalue weighted by molar-refractivity contribution is 7.89. The number of carbonyl (C=O) groups is 1. The van der Waals surface area contributed by atoms with Crippen LogP contribution in [0.4, 0.5) is 4.39 Å². The molecule has 0 radical (unpaired) electrons. The number of hydrogen-bond acceptors (Lipinski definition) is 5. The number of nitrogens with zero attached hydrogens (tertiary/aromatic N) is 6. The number of halogens is 1. The van der Waals surface area contributed by atoms with Gasteiger partial charge in [-0.05, 0) is 36.8 Å². The Kier molecular flexibility index (Phi) is 5.63. The van der Waals surface area contributed by atoms with Crippen molar-refractivity contribution in [2.75, 3.05) is 26.2 Å². The molecule has 9 nitrogen and oxygen atoms in total. The zero-order valence-electron chi connectivity index (χ0n) is 17.3. The molecular formula is C20H23FN6O3S. The predicted octanol–water partition coefficient (Wildman–Crippen LogP) is 1.50. The smallest absolute Gasteiger partial charge is 0.272 e. The quantitative estimate of drug-likeness (QED) is 0.606. The van der Waals surface area contributed by atoms with E-state index in [0.717, 1.165) is 0 Å². The molecular weight excluding hydrogens is 423 g/mol. The molecule has 0 N–H and O–H groups in total. The molecule has 2 aromatic heterocycles. The minimum Gasteiger partial charge on any atom is -0.339 e. The molecule has 1 aliphatic rings. The van der Waals surface area contributed by atoms with Crippen LogP contribution in [0.15, 0.2) is 47.9 Å². The first kappa shape index (κ1) is 21.2. The third-order valence-corrected chi connectivity index (χ3v) is 7.05. The van der Waals surface area contributed by atoms with Crippen molar-refractivity contribution in [3.63, 3.8) is 0 Å². The van der Waals surface area contributed by atoms with Gasteiger partial charge >= 0.3 is 0 Å². The Morgan fingerprint density at radius 3 is 2.48 bits per heavy atom. The molecule has 0 saturated carbocycles. The number of aromatic nitrogens is 4. The van der Waals surface area contributed by atoms with Gasteiger partial charge in [-0.3, -0.25) is 9.48 Å². The second-order valence-electron chi connectivity index (χ2n) is 7.47. The summed E-state index contributed by atoms with van der Waals surface area (Å²) >= 11 is 0. The molecule has 31 heavy (non-hydrogen) atoms. The molecule has 3 aromatic rings. The summed E-state index contributed by atoms with van der Waals surface area (Å²) in [4.78, 5) is 18.7. The van der Waals surface area contributed by atoms with Gasteiger partial charge in [0.2, 0.25) is 0 Å². The topological polar surface area (TPSA) is 93.3 Å². The van der Waals surface area contributed by atoms with Gasteiger partial charge in [0.25, 0.3) is 15.9 Å². The molecule has 0 unspecified atom stereocenters. The molecule has 0 spiro atoms. The first-order chi connectivity index (χ1) is 14.8. The lowest BCUT2D eigenvalue weighted by molar-refractivity contribution is 0.0753. The standard InChI is InChI=1S/C20H23FN6O3S/c1-24-13-19(22-14-24)31(29,30)27-9-3-8-26(10-11-27)20(28)18-12-17(23-25(18)2)15-4-6-16(21)7-5-15/h4-7,12-14H,3,8-11H2,1-2H3. The number of sulfonamides is 1. The number of rotatable bonds is 4. The Hall–Kier alpha value is -3.05. The van der Waals surface area contributed by atoms with E-state index in [-0.39, 0.29) is 29.8 Å². The van der Waals surface area contributed by atoms with Crippen LogP contribution in [0, 0.1) is 5.82 Å². The largest absolute Gasteiger partial charge is 0.339 e. The maximum atomic E-state index is 13.2. The van der Waals surface area contributed by atoms with Gasteiger partial charge in [-0.1, -0.05) is 0 Å². The summed E-state index contributed by atoms with van der Waals surface area (Å²) in [6.45, 7) is 1.20. The lowest BCUT2D eigenvalue weighted by atomic mass is 10.1. The number of aryl methyl sites for hydroxylation is 2. The van der Waals surface area contributed by atoms with E-state index in [2.05, 4.69) is 10.1 Å². The molecule has 3 heterocycles. The highest BCUT2D eigenvalue weighted by Crippen LogP contribution is 2.21. The predicted molar refractivity (Wildman–Crippen MR) is 111 cm³/mol. The van der Waals surface area contributed by atoms with Crippen molar-refractivity contribution in [2.24, 2.45) is 14.1 Å². The minimum atomic E-state index is -3.71. The minimum absolute atomic E-state index is 0.00495. The van der Waals surface area contributed by atoms with Crippen LogP contribution in [-0.2, 0) is 24.1 Å². The van der Waals surface area contributed by atoms with Crippen molar-refractivity contribution in [2.45, 2.75) is 11.4 Å². The third kappa shape index (κ3) is 4.23. The van der Waals surface area contributed by atoms with Crippen LogP contribution >= 0.6 is 0 Å². The maximum absolute atomic E-state index is 13.2. The fourth-order valence-corrected chi connectivity index (χ4v) is 5.02. The highest BCUT2D eigenvalue weighted by atomic mass is 32.2. The van der Waals surface area contributed by atoms with Crippen molar-refractivity contribution in [3.05, 3.63) is 54.4 Å². The van der Waals surface area contributed by atoms with Crippen LogP contribution < -0.4 is 0 Å². The molecule has 0 bridgehead atoms. The molecule has 11 heteroatoms. The van der Waals surface area contributed by atoms with E-state index in [0.29, 0.717) is 36.5 Å². The Morgan fingerprint density at radius 1 is 1.06 bits per heavy atom. The van der Waals surface area contributed by atoms with Gasteiger partial charge in [-0.25, -0.2) is 17.8 Å². The zero-order chi connectivity index (χ0) is 22.2. The summed E-state index contributed by atoms with van der Waals surface area (Å²) in [6.07, 6.45) is 3.43. The number of imidazole rings is 1. The van der Waals surface area contributed by atoms with E-state index in [1.807, 2.05) is 0 Å². The first-order valence-corrected chi connectivity index (χ1v) is 11.3. The average molecular weight is 447 g/mol.